The molecule has 1 aliphatic rings. The van der Waals surface area contributed by atoms with Crippen molar-refractivity contribution in [3.63, 3.8) is 0 Å². The summed E-state index contributed by atoms with van der Waals surface area (Å²) in [7, 11) is 1.94. The molecular formula is C25H26N6. The molecule has 0 unspecified atom stereocenters. The average molecular weight is 411 g/mol. The second-order valence-electron chi connectivity index (χ2n) is 8.18. The summed E-state index contributed by atoms with van der Waals surface area (Å²) in [4.78, 5) is 5.13. The molecule has 0 fully saturated rings. The van der Waals surface area contributed by atoms with Gasteiger partial charge in [0.25, 0.3) is 0 Å². The highest BCUT2D eigenvalue weighted by molar-refractivity contribution is 6.15. The van der Waals surface area contributed by atoms with Crippen LogP contribution in [0.2, 0.25) is 0 Å². The summed E-state index contributed by atoms with van der Waals surface area (Å²) in [5.41, 5.74) is 7.80. The Morgan fingerprint density at radius 1 is 0.968 bits per heavy atom. The molecule has 0 saturated heterocycles. The van der Waals surface area contributed by atoms with Crippen molar-refractivity contribution in [3.05, 3.63) is 83.2 Å². The molecule has 31 heavy (non-hydrogen) atoms. The van der Waals surface area contributed by atoms with Gasteiger partial charge in [0.15, 0.2) is 5.82 Å². The summed E-state index contributed by atoms with van der Waals surface area (Å²) in [6.07, 6.45) is 6.16. The van der Waals surface area contributed by atoms with Gasteiger partial charge in [0.1, 0.15) is 11.9 Å². The fourth-order valence-electron chi connectivity index (χ4n) is 4.29. The third kappa shape index (κ3) is 3.38. The van der Waals surface area contributed by atoms with Crippen LogP contribution < -0.4 is 0 Å². The minimum absolute atomic E-state index is 0.0965. The first-order valence-corrected chi connectivity index (χ1v) is 10.8. The lowest BCUT2D eigenvalue weighted by Crippen LogP contribution is -2.08. The van der Waals surface area contributed by atoms with E-state index in [2.05, 4.69) is 76.2 Å². The molecule has 0 N–H and O–H groups in total. The standard InChI is InChI=1S/C25H26N6/c1-5-6-18-7-9-19(10-8-18)24-22-13-20(21-14-26-30(4)15-21)11-12-23(22)31-17(3)28-29-25(31)16(2)27-24/h7-16H,5-6H2,1-4H3/t16-/m0/s1. The number of benzene rings is 2. The van der Waals surface area contributed by atoms with E-state index in [4.69, 9.17) is 4.99 Å². The number of aliphatic imine (C=N–C) groups is 1. The van der Waals surface area contributed by atoms with Gasteiger partial charge in [-0.15, -0.1) is 10.2 Å². The molecule has 6 heteroatoms. The molecule has 5 rings (SSSR count). The van der Waals surface area contributed by atoms with Crippen molar-refractivity contribution in [1.82, 2.24) is 24.5 Å². The third-order valence-electron chi connectivity index (χ3n) is 5.84. The van der Waals surface area contributed by atoms with E-state index < -0.39 is 0 Å². The van der Waals surface area contributed by atoms with E-state index in [0.717, 1.165) is 58.1 Å². The smallest absolute Gasteiger partial charge is 0.162 e. The van der Waals surface area contributed by atoms with Crippen molar-refractivity contribution in [3.8, 4) is 16.8 Å². The summed E-state index contributed by atoms with van der Waals surface area (Å²) >= 11 is 0. The zero-order valence-corrected chi connectivity index (χ0v) is 18.4. The maximum atomic E-state index is 5.13. The van der Waals surface area contributed by atoms with Gasteiger partial charge in [-0.3, -0.25) is 14.2 Å². The van der Waals surface area contributed by atoms with Gasteiger partial charge in [-0.25, -0.2) is 0 Å². The van der Waals surface area contributed by atoms with Crippen LogP contribution in [-0.4, -0.2) is 30.3 Å². The predicted molar refractivity (Wildman–Crippen MR) is 123 cm³/mol. The van der Waals surface area contributed by atoms with Crippen molar-refractivity contribution < 1.29 is 0 Å². The van der Waals surface area contributed by atoms with Gasteiger partial charge >= 0.3 is 0 Å². The minimum Gasteiger partial charge on any atom is -0.281 e. The molecular weight excluding hydrogens is 384 g/mol. The van der Waals surface area contributed by atoms with Gasteiger partial charge in [0.2, 0.25) is 0 Å². The maximum Gasteiger partial charge on any atom is 0.162 e. The number of rotatable bonds is 4. The van der Waals surface area contributed by atoms with Gasteiger partial charge in [0.05, 0.1) is 17.6 Å². The van der Waals surface area contributed by atoms with E-state index in [0.29, 0.717) is 0 Å². The number of nitrogens with zero attached hydrogens (tertiary/aromatic N) is 6. The summed E-state index contributed by atoms with van der Waals surface area (Å²) in [6.45, 7) is 6.28. The van der Waals surface area contributed by atoms with Crippen molar-refractivity contribution in [2.75, 3.05) is 0 Å². The highest BCUT2D eigenvalue weighted by Gasteiger charge is 2.26. The Kier molecular flexibility index (Phi) is 4.77. The molecule has 0 amide bonds. The molecule has 156 valence electrons. The van der Waals surface area contributed by atoms with E-state index >= 15 is 0 Å². The first-order chi connectivity index (χ1) is 15.0. The second-order valence-corrected chi connectivity index (χ2v) is 8.18. The molecule has 2 aromatic heterocycles. The number of fused-ring (bicyclic) bond motifs is 3. The van der Waals surface area contributed by atoms with Crippen LogP contribution in [0.5, 0.6) is 0 Å². The number of hydrogen-bond donors (Lipinski definition) is 0. The molecule has 0 spiro atoms. The number of aryl methyl sites for hydroxylation is 3. The van der Waals surface area contributed by atoms with Gasteiger partial charge in [-0.2, -0.15) is 5.10 Å². The Morgan fingerprint density at radius 2 is 1.74 bits per heavy atom. The summed E-state index contributed by atoms with van der Waals surface area (Å²) in [6, 6.07) is 15.2. The molecule has 3 heterocycles. The van der Waals surface area contributed by atoms with Crippen molar-refractivity contribution in [2.24, 2.45) is 12.0 Å². The number of aromatic nitrogens is 5. The molecule has 6 nitrogen and oxygen atoms in total. The van der Waals surface area contributed by atoms with Crippen LogP contribution in [0, 0.1) is 6.92 Å². The first-order valence-electron chi connectivity index (χ1n) is 10.8. The van der Waals surface area contributed by atoms with Crippen molar-refractivity contribution in [2.45, 2.75) is 39.7 Å². The van der Waals surface area contributed by atoms with E-state index in [1.54, 1.807) is 0 Å². The van der Waals surface area contributed by atoms with Gasteiger partial charge in [0, 0.05) is 29.9 Å². The monoisotopic (exact) mass is 410 g/mol. The van der Waals surface area contributed by atoms with E-state index in [-0.39, 0.29) is 6.04 Å². The molecule has 0 radical (unpaired) electrons. The van der Waals surface area contributed by atoms with Crippen LogP contribution in [0.25, 0.3) is 16.8 Å². The van der Waals surface area contributed by atoms with Crippen LogP contribution >= 0.6 is 0 Å². The highest BCUT2D eigenvalue weighted by Crippen LogP contribution is 2.33. The lowest BCUT2D eigenvalue weighted by Gasteiger charge is -2.14. The molecule has 0 bridgehead atoms. The van der Waals surface area contributed by atoms with E-state index in [1.807, 2.05) is 31.0 Å². The fraction of sp³-hybridized carbons (Fsp3) is 0.280. The second kappa shape index (κ2) is 7.61. The average Bonchev–Trinajstić information content (AvgIpc) is 3.35. The maximum absolute atomic E-state index is 5.13. The minimum atomic E-state index is -0.0965. The zero-order chi connectivity index (χ0) is 21.5. The lowest BCUT2D eigenvalue weighted by molar-refractivity contribution is 0.721. The SMILES string of the molecule is CCCc1ccc(C2=N[C@@H](C)c3nnc(C)n3-c3ccc(-c4cnn(C)c4)cc32)cc1. The molecule has 2 aromatic carbocycles. The summed E-state index contributed by atoms with van der Waals surface area (Å²) < 4.78 is 3.96. The Bertz CT molecular complexity index is 1280. The molecule has 0 aliphatic carbocycles. The summed E-state index contributed by atoms with van der Waals surface area (Å²) in [5.74, 6) is 1.73. The van der Waals surface area contributed by atoms with Crippen molar-refractivity contribution >= 4 is 5.71 Å². The summed E-state index contributed by atoms with van der Waals surface area (Å²) in [5, 5.41) is 13.1. The Labute approximate surface area is 182 Å². The van der Waals surface area contributed by atoms with E-state index in [9.17, 15) is 0 Å². The van der Waals surface area contributed by atoms with Crippen LogP contribution in [0.3, 0.4) is 0 Å². The molecule has 0 saturated carbocycles. The van der Waals surface area contributed by atoms with Gasteiger partial charge in [-0.1, -0.05) is 43.7 Å². The number of hydrogen-bond acceptors (Lipinski definition) is 4. The van der Waals surface area contributed by atoms with Gasteiger partial charge < -0.3 is 0 Å². The predicted octanol–water partition coefficient (Wildman–Crippen LogP) is 4.84. The Balaban J connectivity index is 1.72. The van der Waals surface area contributed by atoms with Crippen LogP contribution in [0.15, 0.2) is 59.9 Å². The lowest BCUT2D eigenvalue weighted by atomic mass is 9.95. The normalized spacial score (nSPS) is 15.2. The molecule has 1 aliphatic heterocycles. The van der Waals surface area contributed by atoms with Gasteiger partial charge in [-0.05, 0) is 43.5 Å². The highest BCUT2D eigenvalue weighted by atomic mass is 15.3. The third-order valence-corrected chi connectivity index (χ3v) is 5.84. The quantitative estimate of drug-likeness (QED) is 0.484. The van der Waals surface area contributed by atoms with Crippen molar-refractivity contribution in [1.29, 1.82) is 0 Å². The molecule has 4 aromatic rings. The zero-order valence-electron chi connectivity index (χ0n) is 18.4. The largest absolute Gasteiger partial charge is 0.281 e. The van der Waals surface area contributed by atoms with E-state index in [1.165, 1.54) is 5.56 Å². The van der Waals surface area contributed by atoms with Crippen LogP contribution in [0.4, 0.5) is 0 Å². The topological polar surface area (TPSA) is 60.9 Å². The Morgan fingerprint density at radius 3 is 2.45 bits per heavy atom. The fourth-order valence-corrected chi connectivity index (χ4v) is 4.29. The molecule has 1 atom stereocenters. The Hall–Kier alpha value is -3.54. The van der Waals surface area contributed by atoms with Crippen LogP contribution in [-0.2, 0) is 13.5 Å². The van der Waals surface area contributed by atoms with Crippen LogP contribution in [0.1, 0.15) is 54.6 Å². The first kappa shape index (κ1) is 19.4.